The topological polar surface area (TPSA) is 64.0 Å². The van der Waals surface area contributed by atoms with Gasteiger partial charge in [0.1, 0.15) is 9.84 Å². The van der Waals surface area contributed by atoms with Gasteiger partial charge in [0, 0.05) is 12.5 Å². The fourth-order valence-corrected chi connectivity index (χ4v) is 1.91. The Balaban J connectivity index is 2.39. The Morgan fingerprint density at radius 1 is 1.50 bits per heavy atom. The van der Waals surface area contributed by atoms with Crippen LogP contribution in [0.25, 0.3) is 0 Å². The second-order valence-electron chi connectivity index (χ2n) is 3.95. The summed E-state index contributed by atoms with van der Waals surface area (Å²) in [5.41, 5.74) is 1.16. The predicted molar refractivity (Wildman–Crippen MR) is 64.2 cm³/mol. The summed E-state index contributed by atoms with van der Waals surface area (Å²) in [6.07, 6.45) is 7.00. The summed E-state index contributed by atoms with van der Waals surface area (Å²) in [4.78, 5) is 0. The minimum Gasteiger partial charge on any atom is -0.320 e. The fourth-order valence-electron chi connectivity index (χ4n) is 1.39. The molecule has 0 unspecified atom stereocenters. The first-order valence-electron chi connectivity index (χ1n) is 5.35. The molecule has 5 nitrogen and oxygen atoms in total. The Bertz CT molecular complexity index is 411. The summed E-state index contributed by atoms with van der Waals surface area (Å²) in [7, 11) is -0.979. The average molecular weight is 245 g/mol. The Morgan fingerprint density at radius 2 is 2.25 bits per heavy atom. The highest BCUT2D eigenvalue weighted by atomic mass is 32.2. The molecule has 1 aromatic rings. The highest BCUT2D eigenvalue weighted by Crippen LogP contribution is 2.01. The molecule has 16 heavy (non-hydrogen) atoms. The molecule has 0 fully saturated rings. The summed E-state index contributed by atoms with van der Waals surface area (Å²) in [6, 6.07) is 0. The van der Waals surface area contributed by atoms with E-state index >= 15 is 0 Å². The van der Waals surface area contributed by atoms with Gasteiger partial charge in [-0.1, -0.05) is 0 Å². The van der Waals surface area contributed by atoms with E-state index in [1.807, 2.05) is 13.2 Å². The van der Waals surface area contributed by atoms with Gasteiger partial charge in [-0.05, 0) is 32.0 Å². The van der Waals surface area contributed by atoms with E-state index in [4.69, 9.17) is 0 Å². The third-order valence-electron chi connectivity index (χ3n) is 2.27. The van der Waals surface area contributed by atoms with Gasteiger partial charge in [0.2, 0.25) is 0 Å². The number of sulfone groups is 1. The monoisotopic (exact) mass is 245 g/mol. The van der Waals surface area contributed by atoms with Gasteiger partial charge in [-0.15, -0.1) is 0 Å². The molecule has 92 valence electrons. The van der Waals surface area contributed by atoms with Crippen molar-refractivity contribution in [1.82, 2.24) is 15.1 Å². The van der Waals surface area contributed by atoms with Crippen LogP contribution in [0.3, 0.4) is 0 Å². The van der Waals surface area contributed by atoms with E-state index in [-0.39, 0.29) is 5.75 Å². The summed E-state index contributed by atoms with van der Waals surface area (Å²) < 4.78 is 23.6. The van der Waals surface area contributed by atoms with Gasteiger partial charge in [0.05, 0.1) is 18.5 Å². The number of hydrogen-bond donors (Lipinski definition) is 1. The molecule has 6 heteroatoms. The summed E-state index contributed by atoms with van der Waals surface area (Å²) >= 11 is 0. The first-order valence-corrected chi connectivity index (χ1v) is 7.41. The van der Waals surface area contributed by atoms with Gasteiger partial charge in [0.15, 0.2) is 0 Å². The molecule has 0 radical (unpaired) electrons. The minimum atomic E-state index is -2.90. The molecule has 0 spiro atoms. The zero-order chi connectivity index (χ0) is 12.0. The van der Waals surface area contributed by atoms with Crippen molar-refractivity contribution in [3.63, 3.8) is 0 Å². The van der Waals surface area contributed by atoms with Crippen LogP contribution in [-0.2, 0) is 22.8 Å². The van der Waals surface area contributed by atoms with Crippen LogP contribution in [-0.4, -0.2) is 43.8 Å². The standard InChI is InChI=1S/C10H19N3O2S/c1-11-5-3-4-10-8-12-13(9-10)6-7-16(2,14)15/h8-9,11H,3-7H2,1-2H3. The highest BCUT2D eigenvalue weighted by molar-refractivity contribution is 7.90. The summed E-state index contributed by atoms with van der Waals surface area (Å²) in [5, 5.41) is 7.21. The Kier molecular flexibility index (Phi) is 4.95. The fraction of sp³-hybridized carbons (Fsp3) is 0.700. The molecule has 1 heterocycles. The van der Waals surface area contributed by atoms with Crippen molar-refractivity contribution in [2.45, 2.75) is 19.4 Å². The molecule has 1 rings (SSSR count). The molecule has 0 bridgehead atoms. The minimum absolute atomic E-state index is 0.143. The van der Waals surface area contributed by atoms with E-state index in [9.17, 15) is 8.42 Å². The predicted octanol–water partition coefficient (Wildman–Crippen LogP) is 0.0797. The highest BCUT2D eigenvalue weighted by Gasteiger charge is 2.04. The third kappa shape index (κ3) is 5.27. The smallest absolute Gasteiger partial charge is 0.149 e. The van der Waals surface area contributed by atoms with Crippen LogP contribution in [0.2, 0.25) is 0 Å². The second kappa shape index (κ2) is 6.00. The van der Waals surface area contributed by atoms with Crippen molar-refractivity contribution in [2.24, 2.45) is 0 Å². The van der Waals surface area contributed by atoms with Gasteiger partial charge in [-0.2, -0.15) is 5.10 Å². The molecule has 0 aliphatic carbocycles. The van der Waals surface area contributed by atoms with E-state index in [2.05, 4.69) is 10.4 Å². The molecular formula is C10H19N3O2S. The number of aryl methyl sites for hydroxylation is 2. The lowest BCUT2D eigenvalue weighted by Gasteiger charge is -1.99. The summed E-state index contributed by atoms with van der Waals surface area (Å²) in [6.45, 7) is 1.42. The van der Waals surface area contributed by atoms with Crippen LogP contribution in [0.5, 0.6) is 0 Å². The molecule has 0 aliphatic rings. The molecule has 1 N–H and O–H groups in total. The lowest BCUT2D eigenvalue weighted by molar-refractivity contribution is 0.586. The average Bonchev–Trinajstić information content (AvgIpc) is 2.62. The van der Waals surface area contributed by atoms with E-state index in [1.54, 1.807) is 10.9 Å². The normalized spacial score (nSPS) is 11.9. The van der Waals surface area contributed by atoms with Gasteiger partial charge >= 0.3 is 0 Å². The van der Waals surface area contributed by atoms with Crippen LogP contribution in [0.15, 0.2) is 12.4 Å². The van der Waals surface area contributed by atoms with Crippen LogP contribution in [0.1, 0.15) is 12.0 Å². The van der Waals surface area contributed by atoms with Crippen molar-refractivity contribution in [1.29, 1.82) is 0 Å². The van der Waals surface area contributed by atoms with E-state index in [0.717, 1.165) is 24.9 Å². The number of aromatic nitrogens is 2. The van der Waals surface area contributed by atoms with Crippen molar-refractivity contribution >= 4 is 9.84 Å². The number of nitrogens with one attached hydrogen (secondary N) is 1. The lowest BCUT2D eigenvalue weighted by atomic mass is 10.2. The molecule has 0 amide bonds. The zero-order valence-corrected chi connectivity index (χ0v) is 10.6. The Hall–Kier alpha value is -0.880. The molecule has 0 saturated carbocycles. The van der Waals surface area contributed by atoms with Crippen LogP contribution >= 0.6 is 0 Å². The van der Waals surface area contributed by atoms with E-state index < -0.39 is 9.84 Å². The SMILES string of the molecule is CNCCCc1cnn(CCS(C)(=O)=O)c1. The first-order chi connectivity index (χ1) is 7.51. The van der Waals surface area contributed by atoms with Crippen molar-refractivity contribution < 1.29 is 8.42 Å². The molecular weight excluding hydrogens is 226 g/mol. The van der Waals surface area contributed by atoms with Gasteiger partial charge < -0.3 is 5.32 Å². The maximum absolute atomic E-state index is 11.0. The van der Waals surface area contributed by atoms with Crippen molar-refractivity contribution in [3.05, 3.63) is 18.0 Å². The molecule has 0 atom stereocenters. The second-order valence-corrected chi connectivity index (χ2v) is 6.21. The zero-order valence-electron chi connectivity index (χ0n) is 9.81. The van der Waals surface area contributed by atoms with Gasteiger partial charge in [-0.25, -0.2) is 8.42 Å². The number of hydrogen-bond acceptors (Lipinski definition) is 4. The lowest BCUT2D eigenvalue weighted by Crippen LogP contribution is -2.11. The molecule has 0 aromatic carbocycles. The third-order valence-corrected chi connectivity index (χ3v) is 3.19. The van der Waals surface area contributed by atoms with Crippen LogP contribution in [0.4, 0.5) is 0 Å². The van der Waals surface area contributed by atoms with Gasteiger partial charge in [0.25, 0.3) is 0 Å². The maximum atomic E-state index is 11.0. The van der Waals surface area contributed by atoms with Crippen molar-refractivity contribution in [2.75, 3.05) is 25.6 Å². The number of rotatable bonds is 7. The van der Waals surface area contributed by atoms with E-state index in [1.165, 1.54) is 6.26 Å². The quantitative estimate of drug-likeness (QED) is 0.691. The van der Waals surface area contributed by atoms with E-state index in [0.29, 0.717) is 6.54 Å². The maximum Gasteiger partial charge on any atom is 0.149 e. The van der Waals surface area contributed by atoms with Crippen LogP contribution in [0, 0.1) is 0 Å². The first kappa shape index (κ1) is 13.2. The summed E-state index contributed by atoms with van der Waals surface area (Å²) in [5.74, 6) is 0.143. The van der Waals surface area contributed by atoms with Gasteiger partial charge in [-0.3, -0.25) is 4.68 Å². The van der Waals surface area contributed by atoms with Crippen LogP contribution < -0.4 is 5.32 Å². The molecule has 0 aliphatic heterocycles. The molecule has 0 saturated heterocycles. The van der Waals surface area contributed by atoms with Crippen molar-refractivity contribution in [3.8, 4) is 0 Å². The Morgan fingerprint density at radius 3 is 2.88 bits per heavy atom. The number of nitrogens with zero attached hydrogens (tertiary/aromatic N) is 2. The molecule has 1 aromatic heterocycles. The Labute approximate surface area is 96.8 Å². The largest absolute Gasteiger partial charge is 0.320 e.